The molecule has 20 heavy (non-hydrogen) atoms. The van der Waals surface area contributed by atoms with Gasteiger partial charge in [-0.15, -0.1) is 0 Å². The fourth-order valence-corrected chi connectivity index (χ4v) is 2.95. The lowest BCUT2D eigenvalue weighted by molar-refractivity contribution is -0.126. The number of fused-ring (bicyclic) bond motifs is 1. The van der Waals surface area contributed by atoms with Gasteiger partial charge in [-0.25, -0.2) is 4.98 Å². The van der Waals surface area contributed by atoms with E-state index >= 15 is 0 Å². The van der Waals surface area contributed by atoms with E-state index in [0.29, 0.717) is 5.13 Å². The number of hydrogen-bond acceptors (Lipinski definition) is 5. The van der Waals surface area contributed by atoms with E-state index in [1.165, 1.54) is 11.3 Å². The summed E-state index contributed by atoms with van der Waals surface area (Å²) in [4.78, 5) is 27.2. The number of hydrogen-bond donors (Lipinski definition) is 3. The van der Waals surface area contributed by atoms with Gasteiger partial charge in [0.2, 0.25) is 11.8 Å². The fraction of sp³-hybridized carbons (Fsp3) is 0.250. The van der Waals surface area contributed by atoms with Crippen LogP contribution in [0.3, 0.4) is 0 Å². The molecule has 3 N–H and O–H groups in total. The van der Waals surface area contributed by atoms with Gasteiger partial charge < -0.3 is 15.7 Å². The number of nitrogens with one attached hydrogen (secondary N) is 2. The number of nitrogens with zero attached hydrogens (tertiary/aromatic N) is 1. The quantitative estimate of drug-likeness (QED) is 0.707. The van der Waals surface area contributed by atoms with Crippen LogP contribution in [0.4, 0.5) is 5.13 Å². The largest absolute Gasteiger partial charge is 0.395 e. The molecule has 0 fully saturated rings. The van der Waals surface area contributed by atoms with Gasteiger partial charge in [0.1, 0.15) is 6.42 Å². The first-order chi connectivity index (χ1) is 9.58. The normalized spacial score (nSPS) is 10.5. The van der Waals surface area contributed by atoms with Crippen molar-refractivity contribution in [2.75, 3.05) is 18.5 Å². The van der Waals surface area contributed by atoms with Crippen molar-refractivity contribution in [1.82, 2.24) is 10.3 Å². The monoisotopic (exact) mass is 357 g/mol. The van der Waals surface area contributed by atoms with Gasteiger partial charge >= 0.3 is 0 Å². The van der Waals surface area contributed by atoms with Crippen molar-refractivity contribution in [2.45, 2.75) is 6.42 Å². The minimum atomic E-state index is -0.432. The molecule has 2 amide bonds. The molecule has 0 radical (unpaired) electrons. The third-order valence-electron chi connectivity index (χ3n) is 2.35. The van der Waals surface area contributed by atoms with Crippen LogP contribution in [0.1, 0.15) is 6.42 Å². The summed E-state index contributed by atoms with van der Waals surface area (Å²) >= 11 is 4.71. The first-order valence-electron chi connectivity index (χ1n) is 5.82. The highest BCUT2D eigenvalue weighted by molar-refractivity contribution is 9.10. The van der Waals surface area contributed by atoms with Gasteiger partial charge in [0.25, 0.3) is 0 Å². The Bertz CT molecular complexity index is 644. The topological polar surface area (TPSA) is 91.3 Å². The van der Waals surface area contributed by atoms with Crippen LogP contribution in [-0.4, -0.2) is 35.1 Å². The van der Waals surface area contributed by atoms with Crippen molar-refractivity contribution in [3.8, 4) is 0 Å². The lowest BCUT2D eigenvalue weighted by Crippen LogP contribution is -2.30. The van der Waals surface area contributed by atoms with Gasteiger partial charge in [0.15, 0.2) is 5.13 Å². The molecule has 1 heterocycles. The zero-order valence-corrected chi connectivity index (χ0v) is 12.8. The molecule has 8 heteroatoms. The molecule has 6 nitrogen and oxygen atoms in total. The average Bonchev–Trinajstić information content (AvgIpc) is 2.77. The van der Waals surface area contributed by atoms with Crippen LogP contribution in [0.25, 0.3) is 10.2 Å². The van der Waals surface area contributed by atoms with E-state index in [9.17, 15) is 9.59 Å². The Morgan fingerprint density at radius 2 is 2.15 bits per heavy atom. The van der Waals surface area contributed by atoms with E-state index in [2.05, 4.69) is 31.5 Å². The maximum Gasteiger partial charge on any atom is 0.235 e. The summed E-state index contributed by atoms with van der Waals surface area (Å²) in [5.74, 6) is -0.862. The first kappa shape index (κ1) is 14.9. The second-order valence-corrected chi connectivity index (χ2v) is 5.88. The van der Waals surface area contributed by atoms with Gasteiger partial charge in [-0.1, -0.05) is 27.3 Å². The summed E-state index contributed by atoms with van der Waals surface area (Å²) in [6.45, 7) is -0.0125. The maximum atomic E-state index is 11.7. The summed E-state index contributed by atoms with van der Waals surface area (Å²) < 4.78 is 1.88. The summed E-state index contributed by atoms with van der Waals surface area (Å²) in [6.07, 6.45) is -0.292. The van der Waals surface area contributed by atoms with Crippen molar-refractivity contribution >= 4 is 54.4 Å². The molecule has 1 aromatic carbocycles. The second-order valence-electron chi connectivity index (χ2n) is 3.93. The van der Waals surface area contributed by atoms with Crippen molar-refractivity contribution in [3.63, 3.8) is 0 Å². The molecule has 0 atom stereocenters. The van der Waals surface area contributed by atoms with Gasteiger partial charge in [-0.2, -0.15) is 0 Å². The molecular weight excluding hydrogens is 346 g/mol. The summed E-state index contributed by atoms with van der Waals surface area (Å²) in [5, 5.41) is 14.0. The zero-order valence-electron chi connectivity index (χ0n) is 10.4. The predicted molar refractivity (Wildman–Crippen MR) is 80.7 cm³/mol. The second kappa shape index (κ2) is 6.78. The number of benzene rings is 1. The van der Waals surface area contributed by atoms with E-state index < -0.39 is 11.8 Å². The average molecular weight is 358 g/mol. The number of aromatic nitrogens is 1. The number of rotatable bonds is 5. The highest BCUT2D eigenvalue weighted by atomic mass is 79.9. The van der Waals surface area contributed by atoms with Crippen LogP contribution in [0.2, 0.25) is 0 Å². The molecule has 0 aliphatic heterocycles. The number of anilines is 1. The molecule has 1 aromatic heterocycles. The van der Waals surface area contributed by atoms with Crippen LogP contribution >= 0.6 is 27.3 Å². The lowest BCUT2D eigenvalue weighted by atomic mass is 10.3. The number of aliphatic hydroxyl groups excluding tert-OH is 1. The Morgan fingerprint density at radius 3 is 2.90 bits per heavy atom. The Morgan fingerprint density at radius 1 is 1.35 bits per heavy atom. The Kier molecular flexibility index (Phi) is 5.05. The highest BCUT2D eigenvalue weighted by Crippen LogP contribution is 2.28. The molecule has 0 spiro atoms. The van der Waals surface area contributed by atoms with Crippen LogP contribution < -0.4 is 10.6 Å². The van der Waals surface area contributed by atoms with Gasteiger partial charge in [0.05, 0.1) is 16.8 Å². The standard InChI is InChI=1S/C12H12BrN3O3S/c13-7-1-2-8-9(5-7)20-12(15-8)16-11(19)6-10(18)14-3-4-17/h1-2,5,17H,3-4,6H2,(H,14,18)(H,15,16,19). The molecule has 0 bridgehead atoms. The van der Waals surface area contributed by atoms with E-state index in [4.69, 9.17) is 5.11 Å². The van der Waals surface area contributed by atoms with Crippen LogP contribution in [-0.2, 0) is 9.59 Å². The summed E-state index contributed by atoms with van der Waals surface area (Å²) in [5.41, 5.74) is 0.790. The van der Waals surface area contributed by atoms with E-state index in [1.54, 1.807) is 0 Å². The number of halogens is 1. The van der Waals surface area contributed by atoms with E-state index in [1.807, 2.05) is 18.2 Å². The van der Waals surface area contributed by atoms with E-state index in [-0.39, 0.29) is 19.6 Å². The molecule has 0 aliphatic carbocycles. The third kappa shape index (κ3) is 3.99. The minimum Gasteiger partial charge on any atom is -0.395 e. The molecule has 2 rings (SSSR count). The SMILES string of the molecule is O=C(CC(=O)Nc1nc2ccc(Br)cc2s1)NCCO. The number of carbonyl (C=O) groups excluding carboxylic acids is 2. The van der Waals surface area contributed by atoms with Crippen molar-refractivity contribution in [2.24, 2.45) is 0 Å². The van der Waals surface area contributed by atoms with Gasteiger partial charge in [0, 0.05) is 11.0 Å². The van der Waals surface area contributed by atoms with Gasteiger partial charge in [-0.05, 0) is 18.2 Å². The van der Waals surface area contributed by atoms with Crippen molar-refractivity contribution in [1.29, 1.82) is 0 Å². The molecule has 0 saturated heterocycles. The van der Waals surface area contributed by atoms with Crippen molar-refractivity contribution in [3.05, 3.63) is 22.7 Å². The molecule has 0 saturated carbocycles. The number of thiazole rings is 1. The molecule has 0 aliphatic rings. The molecular formula is C12H12BrN3O3S. The molecule has 2 aromatic rings. The Labute approximate surface area is 127 Å². The third-order valence-corrected chi connectivity index (χ3v) is 3.78. The Hall–Kier alpha value is -1.51. The lowest BCUT2D eigenvalue weighted by Gasteiger charge is -2.02. The predicted octanol–water partition coefficient (Wildman–Crippen LogP) is 1.50. The van der Waals surface area contributed by atoms with Gasteiger partial charge in [-0.3, -0.25) is 9.59 Å². The molecule has 106 valence electrons. The first-order valence-corrected chi connectivity index (χ1v) is 7.43. The summed E-state index contributed by atoms with van der Waals surface area (Å²) in [6, 6.07) is 5.63. The number of carbonyl (C=O) groups is 2. The summed E-state index contributed by atoms with van der Waals surface area (Å²) in [7, 11) is 0. The minimum absolute atomic E-state index is 0.140. The highest BCUT2D eigenvalue weighted by Gasteiger charge is 2.11. The zero-order chi connectivity index (χ0) is 14.5. The maximum absolute atomic E-state index is 11.7. The fourth-order valence-electron chi connectivity index (χ4n) is 1.52. The molecule has 0 unspecified atom stereocenters. The number of amides is 2. The van der Waals surface area contributed by atoms with Crippen LogP contribution in [0.15, 0.2) is 22.7 Å². The number of aliphatic hydroxyl groups is 1. The Balaban J connectivity index is 1.97. The van der Waals surface area contributed by atoms with Crippen LogP contribution in [0.5, 0.6) is 0 Å². The van der Waals surface area contributed by atoms with E-state index in [0.717, 1.165) is 14.7 Å². The van der Waals surface area contributed by atoms with Crippen molar-refractivity contribution < 1.29 is 14.7 Å². The van der Waals surface area contributed by atoms with Crippen LogP contribution in [0, 0.1) is 0 Å². The smallest absolute Gasteiger partial charge is 0.235 e.